The van der Waals surface area contributed by atoms with Crippen molar-refractivity contribution in [3.05, 3.63) is 29.8 Å². The summed E-state index contributed by atoms with van der Waals surface area (Å²) in [5, 5.41) is 0. The molecule has 1 aromatic rings. The summed E-state index contributed by atoms with van der Waals surface area (Å²) in [5.41, 5.74) is 0.566. The normalized spacial score (nSPS) is 25.3. The summed E-state index contributed by atoms with van der Waals surface area (Å²) in [7, 11) is 0. The number of para-hydroxylation sites is 1. The zero-order chi connectivity index (χ0) is 19.0. The number of amides is 3. The average Bonchev–Trinajstić information content (AvgIpc) is 2.85. The van der Waals surface area contributed by atoms with Crippen molar-refractivity contribution in [1.29, 1.82) is 0 Å². The molecule has 0 spiro atoms. The average molecular weight is 369 g/mol. The fourth-order valence-electron chi connectivity index (χ4n) is 4.73. The summed E-state index contributed by atoms with van der Waals surface area (Å²) in [4.78, 5) is 43.9. The Balaban J connectivity index is 1.56. The lowest BCUT2D eigenvalue weighted by molar-refractivity contribution is -0.131. The molecule has 3 heterocycles. The van der Waals surface area contributed by atoms with Gasteiger partial charge in [0.25, 0.3) is 5.91 Å². The number of carbonyl (C=O) groups is 3. The molecule has 0 aromatic heterocycles. The van der Waals surface area contributed by atoms with Gasteiger partial charge >= 0.3 is 0 Å². The Labute approximate surface area is 160 Å². The summed E-state index contributed by atoms with van der Waals surface area (Å²) in [6.07, 6.45) is 5.81. The zero-order valence-corrected chi connectivity index (χ0v) is 15.9. The molecule has 3 aliphatic heterocycles. The van der Waals surface area contributed by atoms with Crippen LogP contribution in [0.3, 0.4) is 0 Å². The van der Waals surface area contributed by atoms with E-state index in [1.807, 2.05) is 30.0 Å². The molecule has 0 N–H and O–H groups in total. The van der Waals surface area contributed by atoms with E-state index in [1.54, 1.807) is 15.9 Å². The van der Waals surface area contributed by atoms with Crippen LogP contribution in [0, 0.1) is 0 Å². The molecule has 3 aliphatic rings. The van der Waals surface area contributed by atoms with Crippen molar-refractivity contribution in [2.75, 3.05) is 24.5 Å². The maximum absolute atomic E-state index is 13.2. The van der Waals surface area contributed by atoms with Crippen LogP contribution in [0.4, 0.5) is 5.69 Å². The highest BCUT2D eigenvalue weighted by molar-refractivity contribution is 6.10. The maximum Gasteiger partial charge on any atom is 0.257 e. The van der Waals surface area contributed by atoms with Crippen LogP contribution in [-0.2, 0) is 9.59 Å². The Kier molecular flexibility index (Phi) is 4.66. The van der Waals surface area contributed by atoms with Crippen molar-refractivity contribution in [3.8, 4) is 0 Å². The van der Waals surface area contributed by atoms with E-state index in [0.29, 0.717) is 37.1 Å². The molecule has 0 bridgehead atoms. The van der Waals surface area contributed by atoms with Gasteiger partial charge in [-0.15, -0.1) is 0 Å². The Bertz CT molecular complexity index is 770. The molecular formula is C21H27N3O3. The summed E-state index contributed by atoms with van der Waals surface area (Å²) >= 11 is 0. The van der Waals surface area contributed by atoms with Gasteiger partial charge in [0.15, 0.2) is 0 Å². The van der Waals surface area contributed by atoms with Crippen molar-refractivity contribution in [3.63, 3.8) is 0 Å². The molecule has 1 unspecified atom stereocenters. The second-order valence-corrected chi connectivity index (χ2v) is 7.97. The van der Waals surface area contributed by atoms with E-state index in [4.69, 9.17) is 0 Å². The first-order chi connectivity index (χ1) is 13.0. The Morgan fingerprint density at radius 3 is 2.52 bits per heavy atom. The monoisotopic (exact) mass is 369 g/mol. The van der Waals surface area contributed by atoms with Gasteiger partial charge in [0, 0.05) is 32.5 Å². The number of rotatable bonds is 3. The van der Waals surface area contributed by atoms with Crippen molar-refractivity contribution in [2.45, 2.75) is 57.5 Å². The van der Waals surface area contributed by atoms with Gasteiger partial charge < -0.3 is 9.80 Å². The topological polar surface area (TPSA) is 60.9 Å². The molecule has 4 rings (SSSR count). The number of carbonyl (C=O) groups excluding carboxylic acids is 3. The van der Waals surface area contributed by atoms with E-state index < -0.39 is 5.66 Å². The van der Waals surface area contributed by atoms with Crippen LogP contribution in [0.15, 0.2) is 24.3 Å². The van der Waals surface area contributed by atoms with E-state index in [1.165, 1.54) is 12.8 Å². The lowest BCUT2D eigenvalue weighted by Gasteiger charge is -2.48. The first-order valence-electron chi connectivity index (χ1n) is 10.0. The molecule has 0 saturated carbocycles. The second-order valence-electron chi connectivity index (χ2n) is 7.97. The minimum atomic E-state index is -0.679. The maximum atomic E-state index is 13.2. The standard InChI is InChI=1S/C21H27N3O3/c1-21-12-10-19(26)24(21)17-9-5-4-8-16(17)20(27)23(21)15-11-18(25)22-13-6-2-3-7-14-22/h4-5,8-9H,2-3,6-7,10-15H2,1H3. The van der Waals surface area contributed by atoms with Crippen LogP contribution in [0.2, 0.25) is 0 Å². The highest BCUT2D eigenvalue weighted by Gasteiger charge is 2.52. The number of fused-ring (bicyclic) bond motifs is 3. The summed E-state index contributed by atoms with van der Waals surface area (Å²) < 4.78 is 0. The van der Waals surface area contributed by atoms with Crippen LogP contribution in [0.25, 0.3) is 0 Å². The van der Waals surface area contributed by atoms with E-state index in [-0.39, 0.29) is 17.7 Å². The fraction of sp³-hybridized carbons (Fsp3) is 0.571. The molecule has 0 radical (unpaired) electrons. The van der Waals surface area contributed by atoms with E-state index >= 15 is 0 Å². The molecule has 144 valence electrons. The second kappa shape index (κ2) is 6.98. The van der Waals surface area contributed by atoms with Gasteiger partial charge in [-0.3, -0.25) is 19.3 Å². The van der Waals surface area contributed by atoms with E-state index in [9.17, 15) is 14.4 Å². The van der Waals surface area contributed by atoms with Gasteiger partial charge in [-0.2, -0.15) is 0 Å². The van der Waals surface area contributed by atoms with Crippen molar-refractivity contribution < 1.29 is 14.4 Å². The Morgan fingerprint density at radius 1 is 1.07 bits per heavy atom. The third-order valence-electron chi connectivity index (χ3n) is 6.25. The molecule has 2 fully saturated rings. The van der Waals surface area contributed by atoms with Gasteiger partial charge in [-0.05, 0) is 38.3 Å². The number of anilines is 1. The molecule has 3 amide bonds. The van der Waals surface area contributed by atoms with E-state index in [2.05, 4.69) is 0 Å². The molecule has 0 aliphatic carbocycles. The molecule has 6 nitrogen and oxygen atoms in total. The van der Waals surface area contributed by atoms with Crippen LogP contribution in [0.1, 0.15) is 62.2 Å². The van der Waals surface area contributed by atoms with Crippen LogP contribution in [-0.4, -0.2) is 52.8 Å². The molecule has 6 heteroatoms. The number of benzene rings is 1. The third kappa shape index (κ3) is 3.01. The highest BCUT2D eigenvalue weighted by atomic mass is 16.2. The number of likely N-dealkylation sites (tertiary alicyclic amines) is 1. The number of hydrogen-bond donors (Lipinski definition) is 0. The Hall–Kier alpha value is -2.37. The number of nitrogens with zero attached hydrogens (tertiary/aromatic N) is 3. The zero-order valence-electron chi connectivity index (χ0n) is 15.9. The van der Waals surface area contributed by atoms with Gasteiger partial charge in [0.05, 0.1) is 11.3 Å². The van der Waals surface area contributed by atoms with Gasteiger partial charge in [-0.1, -0.05) is 25.0 Å². The largest absolute Gasteiger partial charge is 0.343 e. The minimum Gasteiger partial charge on any atom is -0.343 e. The van der Waals surface area contributed by atoms with Gasteiger partial charge in [0.2, 0.25) is 11.8 Å². The Morgan fingerprint density at radius 2 is 1.78 bits per heavy atom. The van der Waals surface area contributed by atoms with Gasteiger partial charge in [-0.25, -0.2) is 0 Å². The van der Waals surface area contributed by atoms with Crippen LogP contribution in [0.5, 0.6) is 0 Å². The quantitative estimate of drug-likeness (QED) is 0.823. The SMILES string of the molecule is CC12CCC(=O)N1c1ccccc1C(=O)N2CCC(=O)N1CCCCCC1. The van der Waals surface area contributed by atoms with Crippen molar-refractivity contribution >= 4 is 23.4 Å². The van der Waals surface area contributed by atoms with Gasteiger partial charge in [0.1, 0.15) is 5.66 Å². The van der Waals surface area contributed by atoms with Crippen molar-refractivity contribution in [1.82, 2.24) is 9.80 Å². The lowest BCUT2D eigenvalue weighted by atomic mass is 9.98. The lowest BCUT2D eigenvalue weighted by Crippen LogP contribution is -2.62. The molecule has 2 saturated heterocycles. The summed E-state index contributed by atoms with van der Waals surface area (Å²) in [6.45, 7) is 3.93. The number of hydrogen-bond acceptors (Lipinski definition) is 3. The van der Waals surface area contributed by atoms with Crippen LogP contribution < -0.4 is 4.90 Å². The molecule has 1 atom stereocenters. The predicted octanol–water partition coefficient (Wildman–Crippen LogP) is 2.78. The molecule has 27 heavy (non-hydrogen) atoms. The summed E-state index contributed by atoms with van der Waals surface area (Å²) in [5.74, 6) is 0.0760. The smallest absolute Gasteiger partial charge is 0.257 e. The third-order valence-corrected chi connectivity index (χ3v) is 6.25. The minimum absolute atomic E-state index is 0.0429. The van der Waals surface area contributed by atoms with E-state index in [0.717, 1.165) is 25.9 Å². The van der Waals surface area contributed by atoms with Crippen molar-refractivity contribution in [2.24, 2.45) is 0 Å². The first kappa shape index (κ1) is 18.0. The summed E-state index contributed by atoms with van der Waals surface area (Å²) in [6, 6.07) is 7.29. The molecule has 1 aromatic carbocycles. The predicted molar refractivity (Wildman–Crippen MR) is 102 cm³/mol. The fourth-order valence-corrected chi connectivity index (χ4v) is 4.73. The van der Waals surface area contributed by atoms with Crippen LogP contribution >= 0.6 is 0 Å². The highest BCUT2D eigenvalue weighted by Crippen LogP contribution is 2.43. The first-order valence-corrected chi connectivity index (χ1v) is 10.0. The molecular weight excluding hydrogens is 342 g/mol.